The van der Waals surface area contributed by atoms with E-state index >= 15 is 0 Å². The van der Waals surface area contributed by atoms with Gasteiger partial charge in [0.2, 0.25) is 0 Å². The van der Waals surface area contributed by atoms with Crippen LogP contribution in [0.15, 0.2) is 12.1 Å². The number of unbranched alkanes of at least 4 members (excludes halogenated alkanes) is 15. The topological polar surface area (TPSA) is 91.7 Å². The van der Waals surface area contributed by atoms with Crippen molar-refractivity contribution in [2.24, 2.45) is 0 Å². The second kappa shape index (κ2) is 19.9. The standard InChI is InChI=1S/C28H45IO5/c1-2-3-4-5-6-7-8-9-10-11-12-13-14-15-16-17-18-23-19-24(21-26(30)31)28(29-34)25(20-23)22-27(32)33/h19-20H,2-18,21-22H2,1H3,(H,30,31)(H,32,33). The van der Waals surface area contributed by atoms with E-state index in [1.807, 2.05) is 12.1 Å². The summed E-state index contributed by atoms with van der Waals surface area (Å²) in [6.45, 7) is 2.26. The largest absolute Gasteiger partial charge is 0.481 e. The van der Waals surface area contributed by atoms with Crippen LogP contribution in [-0.2, 0) is 31.9 Å². The lowest BCUT2D eigenvalue weighted by molar-refractivity contribution is -0.137. The van der Waals surface area contributed by atoms with Crippen LogP contribution < -0.4 is 0 Å². The molecule has 0 fully saturated rings. The predicted molar refractivity (Wildman–Crippen MR) is 146 cm³/mol. The molecule has 0 aliphatic rings. The number of halogens is 1. The van der Waals surface area contributed by atoms with Crippen LogP contribution in [0, 0.1) is 3.57 Å². The molecule has 1 aromatic rings. The SMILES string of the molecule is CCCCCCCCCCCCCCCCCCc1cc(CC(=O)O)c(I=O)c(CC(=O)O)c1. The molecule has 1 aromatic carbocycles. The third-order valence-corrected chi connectivity index (χ3v) is 8.19. The van der Waals surface area contributed by atoms with Gasteiger partial charge in [-0.25, -0.2) is 0 Å². The Balaban J connectivity index is 2.21. The lowest BCUT2D eigenvalue weighted by atomic mass is 9.97. The number of rotatable bonds is 22. The normalized spacial score (nSPS) is 11.1. The molecular formula is C28H45IO5. The van der Waals surface area contributed by atoms with Gasteiger partial charge < -0.3 is 10.2 Å². The maximum absolute atomic E-state index is 11.7. The molecule has 1 rings (SSSR count). The molecule has 2 N–H and O–H groups in total. The molecule has 0 radical (unpaired) electrons. The monoisotopic (exact) mass is 588 g/mol. The Morgan fingerprint density at radius 3 is 1.32 bits per heavy atom. The van der Waals surface area contributed by atoms with Gasteiger partial charge in [0, 0.05) is 0 Å². The van der Waals surface area contributed by atoms with E-state index in [9.17, 15) is 12.7 Å². The molecule has 5 nitrogen and oxygen atoms in total. The van der Waals surface area contributed by atoms with E-state index in [1.54, 1.807) is 0 Å². The smallest absolute Gasteiger partial charge is 0.307 e. The molecule has 0 saturated heterocycles. The molecule has 0 aliphatic carbocycles. The van der Waals surface area contributed by atoms with Crippen LogP contribution >= 0.6 is 21.2 Å². The summed E-state index contributed by atoms with van der Waals surface area (Å²) < 4.78 is 12.1. The van der Waals surface area contributed by atoms with Crippen molar-refractivity contribution in [2.45, 2.75) is 129 Å². The van der Waals surface area contributed by atoms with Gasteiger partial charge in [-0.1, -0.05) is 115 Å². The molecule has 0 aliphatic heterocycles. The van der Waals surface area contributed by atoms with E-state index in [0.717, 1.165) is 24.8 Å². The lowest BCUT2D eigenvalue weighted by Gasteiger charge is -2.11. The Kier molecular flexibility index (Phi) is 18.0. The summed E-state index contributed by atoms with van der Waals surface area (Å²) in [4.78, 5) is 22.4. The molecule has 194 valence electrons. The molecule has 0 atom stereocenters. The minimum Gasteiger partial charge on any atom is -0.481 e. The highest BCUT2D eigenvalue weighted by atomic mass is 127. The van der Waals surface area contributed by atoms with Gasteiger partial charge in [-0.15, -0.1) is 0 Å². The zero-order valence-electron chi connectivity index (χ0n) is 21.1. The van der Waals surface area contributed by atoms with Gasteiger partial charge in [0.25, 0.3) is 0 Å². The highest BCUT2D eigenvalue weighted by Crippen LogP contribution is 2.26. The second-order valence-corrected chi connectivity index (χ2v) is 11.0. The van der Waals surface area contributed by atoms with Crippen LogP contribution in [0.25, 0.3) is 0 Å². The van der Waals surface area contributed by atoms with Gasteiger partial charge in [-0.05, 0) is 29.5 Å². The number of hydrogen-bond acceptors (Lipinski definition) is 3. The minimum absolute atomic E-state index is 0.212. The molecule has 34 heavy (non-hydrogen) atoms. The fraction of sp³-hybridized carbons (Fsp3) is 0.714. The minimum atomic E-state index is -1.62. The number of carbonyl (C=O) groups is 2. The Morgan fingerprint density at radius 1 is 0.647 bits per heavy atom. The summed E-state index contributed by atoms with van der Waals surface area (Å²) in [5, 5.41) is 18.3. The van der Waals surface area contributed by atoms with Crippen molar-refractivity contribution in [3.05, 3.63) is 32.4 Å². The lowest BCUT2D eigenvalue weighted by Crippen LogP contribution is -2.09. The number of carboxylic acids is 2. The van der Waals surface area contributed by atoms with E-state index in [1.165, 1.54) is 89.9 Å². The van der Waals surface area contributed by atoms with E-state index in [0.29, 0.717) is 14.7 Å². The maximum Gasteiger partial charge on any atom is 0.307 e. The van der Waals surface area contributed by atoms with Gasteiger partial charge >= 0.3 is 11.9 Å². The van der Waals surface area contributed by atoms with Gasteiger partial charge in [-0.2, -0.15) is 0 Å². The maximum atomic E-state index is 11.7. The zero-order chi connectivity index (χ0) is 25.0. The summed E-state index contributed by atoms with van der Waals surface area (Å²) in [6, 6.07) is 3.63. The third-order valence-electron chi connectivity index (χ3n) is 6.36. The number of aryl methyl sites for hydroxylation is 1. The Bertz CT molecular complexity index is 695. The number of benzene rings is 1. The predicted octanol–water partition coefficient (Wildman–Crippen LogP) is 8.23. The van der Waals surface area contributed by atoms with Crippen LogP contribution in [0.2, 0.25) is 0 Å². The van der Waals surface area contributed by atoms with Crippen molar-refractivity contribution in [2.75, 3.05) is 0 Å². The summed E-state index contributed by atoms with van der Waals surface area (Å²) in [5.41, 5.74) is 1.99. The van der Waals surface area contributed by atoms with Crippen molar-refractivity contribution < 1.29 is 22.9 Å². The highest BCUT2D eigenvalue weighted by molar-refractivity contribution is 14.1. The van der Waals surface area contributed by atoms with Crippen molar-refractivity contribution in [1.29, 1.82) is 0 Å². The number of hydrogen-bond donors (Lipinski definition) is 2. The van der Waals surface area contributed by atoms with E-state index in [2.05, 4.69) is 6.92 Å². The van der Waals surface area contributed by atoms with E-state index in [-0.39, 0.29) is 12.8 Å². The van der Waals surface area contributed by atoms with Crippen molar-refractivity contribution in [1.82, 2.24) is 0 Å². The number of carboxylic acid groups (broad SMARTS) is 2. The fourth-order valence-electron chi connectivity index (χ4n) is 4.53. The Labute approximate surface area is 216 Å². The first-order valence-corrected chi connectivity index (χ1v) is 15.3. The van der Waals surface area contributed by atoms with E-state index < -0.39 is 33.1 Å². The Morgan fingerprint density at radius 2 is 1.00 bits per heavy atom. The fourth-order valence-corrected chi connectivity index (χ4v) is 5.78. The second-order valence-electron chi connectivity index (χ2n) is 9.50. The molecule has 0 spiro atoms. The number of aliphatic carboxylic acids is 2. The molecule has 0 aromatic heterocycles. The average Bonchev–Trinajstić information content (AvgIpc) is 2.78. The molecular weight excluding hydrogens is 543 g/mol. The first kappa shape index (κ1) is 30.7. The molecule has 0 heterocycles. The molecule has 0 bridgehead atoms. The Hall–Kier alpha value is -1.31. The summed E-state index contributed by atoms with van der Waals surface area (Å²) >= 11 is -1.62. The van der Waals surface area contributed by atoms with Gasteiger partial charge in [-0.3, -0.25) is 12.7 Å². The molecule has 0 saturated carbocycles. The summed E-state index contributed by atoms with van der Waals surface area (Å²) in [6.07, 6.45) is 21.4. The average molecular weight is 589 g/mol. The van der Waals surface area contributed by atoms with Crippen LogP contribution in [0.5, 0.6) is 0 Å². The van der Waals surface area contributed by atoms with Crippen molar-refractivity contribution in [3.8, 4) is 0 Å². The van der Waals surface area contributed by atoms with Crippen LogP contribution in [0.3, 0.4) is 0 Å². The van der Waals surface area contributed by atoms with Crippen molar-refractivity contribution in [3.63, 3.8) is 0 Å². The van der Waals surface area contributed by atoms with Crippen molar-refractivity contribution >= 4 is 33.1 Å². The first-order valence-electron chi connectivity index (χ1n) is 13.3. The van der Waals surface area contributed by atoms with Gasteiger partial charge in [0.1, 0.15) is 0 Å². The van der Waals surface area contributed by atoms with Crippen LogP contribution in [0.4, 0.5) is 0 Å². The first-order chi connectivity index (χ1) is 16.5. The third kappa shape index (κ3) is 14.8. The summed E-state index contributed by atoms with van der Waals surface area (Å²) in [5.74, 6) is -1.97. The molecule has 6 heteroatoms. The van der Waals surface area contributed by atoms with E-state index in [4.69, 9.17) is 10.2 Å². The zero-order valence-corrected chi connectivity index (χ0v) is 23.2. The highest BCUT2D eigenvalue weighted by Gasteiger charge is 2.16. The quantitative estimate of drug-likeness (QED) is 0.105. The van der Waals surface area contributed by atoms with Crippen LogP contribution in [0.1, 0.15) is 126 Å². The molecule has 0 amide bonds. The van der Waals surface area contributed by atoms with Gasteiger partial charge in [0.15, 0.2) is 21.2 Å². The molecule has 0 unspecified atom stereocenters. The van der Waals surface area contributed by atoms with Gasteiger partial charge in [0.05, 0.1) is 16.4 Å². The van der Waals surface area contributed by atoms with Crippen LogP contribution in [-0.4, -0.2) is 22.2 Å². The summed E-state index contributed by atoms with van der Waals surface area (Å²) in [7, 11) is 0.